The van der Waals surface area contributed by atoms with Crippen LogP contribution in [0, 0.1) is 5.82 Å². The fourth-order valence-electron chi connectivity index (χ4n) is 3.29. The van der Waals surface area contributed by atoms with E-state index in [2.05, 4.69) is 15.0 Å². The molecule has 3 rings (SSSR count). The minimum absolute atomic E-state index is 0.167. The fraction of sp³-hybridized carbons (Fsp3) is 0.227. The molecule has 1 aromatic carbocycles. The minimum atomic E-state index is -0.590. The fourth-order valence-corrected chi connectivity index (χ4v) is 3.46. The van der Waals surface area contributed by atoms with Crippen molar-refractivity contribution in [1.29, 1.82) is 0 Å². The molecule has 0 radical (unpaired) electrons. The zero-order valence-corrected chi connectivity index (χ0v) is 18.0. The number of hydrogen-bond acceptors (Lipinski definition) is 7. The van der Waals surface area contributed by atoms with E-state index in [0.717, 1.165) is 0 Å². The number of hydrogen-bond donors (Lipinski definition) is 3. The number of nitrogens with zero attached hydrogens (tertiary/aromatic N) is 3. The molecule has 0 saturated heterocycles. The van der Waals surface area contributed by atoms with Crippen LogP contribution in [0.1, 0.15) is 36.6 Å². The second-order valence-corrected chi connectivity index (χ2v) is 7.20. The van der Waals surface area contributed by atoms with Crippen LogP contribution in [0.2, 0.25) is 0 Å². The molecule has 7 nitrogen and oxygen atoms in total. The van der Waals surface area contributed by atoms with E-state index >= 15 is 0 Å². The Labute approximate surface area is 185 Å². The highest BCUT2D eigenvalue weighted by atomic mass is 35.5. The lowest BCUT2D eigenvalue weighted by atomic mass is 9.97. The predicted octanol–water partition coefficient (Wildman–Crippen LogP) is 3.44. The number of aromatic nitrogens is 1. The molecule has 1 aromatic heterocycles. The second kappa shape index (κ2) is 9.61. The molecule has 0 fully saturated rings. The summed E-state index contributed by atoms with van der Waals surface area (Å²) in [6.07, 6.45) is 3.68. The molecular weight excluding hydrogens is 419 g/mol. The van der Waals surface area contributed by atoms with Crippen molar-refractivity contribution >= 4 is 28.8 Å². The average Bonchev–Trinajstić information content (AvgIpc) is 2.76. The van der Waals surface area contributed by atoms with E-state index < -0.39 is 11.9 Å². The molecular formula is C22H24ClFN6O. The number of fused-ring (bicyclic) bond motifs is 3. The Bertz CT molecular complexity index is 1110. The van der Waals surface area contributed by atoms with Crippen molar-refractivity contribution in [1.82, 2.24) is 4.98 Å². The van der Waals surface area contributed by atoms with Gasteiger partial charge in [-0.1, -0.05) is 11.6 Å². The molecule has 2 aromatic rings. The first-order valence-electron chi connectivity index (χ1n) is 9.69. The summed E-state index contributed by atoms with van der Waals surface area (Å²) in [5, 5.41) is 0.210. The van der Waals surface area contributed by atoms with Gasteiger partial charge in [-0.3, -0.25) is 9.98 Å². The van der Waals surface area contributed by atoms with Gasteiger partial charge in [0.25, 0.3) is 0 Å². The number of nitrogens with two attached hydrogens (primary N) is 3. The van der Waals surface area contributed by atoms with E-state index in [-0.39, 0.29) is 17.4 Å². The summed E-state index contributed by atoms with van der Waals surface area (Å²) in [5.41, 5.74) is 21.1. The zero-order valence-electron chi connectivity index (χ0n) is 17.3. The number of rotatable bonds is 2. The highest BCUT2D eigenvalue weighted by Crippen LogP contribution is 2.31. The van der Waals surface area contributed by atoms with Gasteiger partial charge in [-0.25, -0.2) is 9.37 Å². The van der Waals surface area contributed by atoms with Crippen LogP contribution in [-0.4, -0.2) is 29.5 Å². The summed E-state index contributed by atoms with van der Waals surface area (Å²) < 4.78 is 20.2. The van der Waals surface area contributed by atoms with Gasteiger partial charge in [0.15, 0.2) is 11.6 Å². The van der Waals surface area contributed by atoms with Crippen molar-refractivity contribution in [2.45, 2.75) is 20.0 Å². The molecule has 0 amide bonds. The smallest absolute Gasteiger partial charge is 0.166 e. The molecule has 1 atom stereocenters. The van der Waals surface area contributed by atoms with Gasteiger partial charge in [0.1, 0.15) is 11.9 Å². The number of halogens is 2. The van der Waals surface area contributed by atoms with Crippen LogP contribution >= 0.6 is 11.6 Å². The Morgan fingerprint density at radius 1 is 1.35 bits per heavy atom. The molecule has 1 unspecified atom stereocenters. The van der Waals surface area contributed by atoms with Crippen molar-refractivity contribution in [3.05, 3.63) is 76.0 Å². The first-order valence-corrected chi connectivity index (χ1v) is 10.1. The van der Waals surface area contributed by atoms with Gasteiger partial charge in [-0.05, 0) is 38.1 Å². The van der Waals surface area contributed by atoms with Crippen molar-refractivity contribution in [2.75, 3.05) is 18.8 Å². The number of aliphatic imine (C=N–C) groups is 2. The molecule has 31 heavy (non-hydrogen) atoms. The lowest BCUT2D eigenvalue weighted by Crippen LogP contribution is -2.18. The Hall–Kier alpha value is -3.39. The Kier molecular flexibility index (Phi) is 6.91. The number of nitrogen functional groups attached to an aromatic ring is 1. The molecule has 6 N–H and O–H groups in total. The minimum Gasteiger partial charge on any atom is -0.482 e. The van der Waals surface area contributed by atoms with Gasteiger partial charge in [-0.15, -0.1) is 0 Å². The first-order chi connectivity index (χ1) is 14.9. The quantitative estimate of drug-likeness (QED) is 0.656. The lowest BCUT2D eigenvalue weighted by Gasteiger charge is -2.22. The van der Waals surface area contributed by atoms with Crippen molar-refractivity contribution in [3.8, 4) is 5.75 Å². The van der Waals surface area contributed by atoms with Gasteiger partial charge in [0, 0.05) is 47.4 Å². The number of pyridine rings is 1. The van der Waals surface area contributed by atoms with Gasteiger partial charge in [0.05, 0.1) is 23.0 Å². The molecule has 1 aliphatic rings. The zero-order chi connectivity index (χ0) is 22.5. The Balaban J connectivity index is 2.32. The SMILES string of the molecule is CCN=C1C(=CN)CN=C(C(Cl)=CN)c2ccc(F)cc2C(C)Oc2cc1cnc2N. The van der Waals surface area contributed by atoms with E-state index in [1.54, 1.807) is 25.3 Å². The summed E-state index contributed by atoms with van der Waals surface area (Å²) in [6, 6.07) is 6.04. The summed E-state index contributed by atoms with van der Waals surface area (Å²) in [5.74, 6) is 0.127. The van der Waals surface area contributed by atoms with Crippen LogP contribution < -0.4 is 21.9 Å². The molecule has 9 heteroatoms. The van der Waals surface area contributed by atoms with Crippen LogP contribution in [0.15, 0.2) is 63.5 Å². The van der Waals surface area contributed by atoms with E-state index in [0.29, 0.717) is 46.0 Å². The highest BCUT2D eigenvalue weighted by Gasteiger charge is 2.22. The van der Waals surface area contributed by atoms with Crippen LogP contribution in [0.3, 0.4) is 0 Å². The van der Waals surface area contributed by atoms with Crippen LogP contribution in [0.5, 0.6) is 5.75 Å². The first kappa shape index (κ1) is 22.3. The van der Waals surface area contributed by atoms with Crippen LogP contribution in [-0.2, 0) is 0 Å². The van der Waals surface area contributed by atoms with E-state index in [1.165, 1.54) is 24.5 Å². The van der Waals surface area contributed by atoms with Crippen LogP contribution in [0.25, 0.3) is 0 Å². The molecule has 2 bridgehead atoms. The maximum Gasteiger partial charge on any atom is 0.166 e. The monoisotopic (exact) mass is 442 g/mol. The Morgan fingerprint density at radius 3 is 2.81 bits per heavy atom. The molecule has 2 heterocycles. The van der Waals surface area contributed by atoms with E-state index in [1.807, 2.05) is 6.92 Å². The average molecular weight is 443 g/mol. The molecule has 0 saturated carbocycles. The number of allylic oxidation sites excluding steroid dienone is 1. The predicted molar refractivity (Wildman–Crippen MR) is 123 cm³/mol. The largest absolute Gasteiger partial charge is 0.482 e. The highest BCUT2D eigenvalue weighted by molar-refractivity contribution is 6.46. The Morgan fingerprint density at radius 2 is 2.13 bits per heavy atom. The van der Waals surface area contributed by atoms with Gasteiger partial charge < -0.3 is 21.9 Å². The number of benzene rings is 1. The standard InChI is InChI=1S/C22H24ClFN6O/c1-3-28-20-13-6-19(22(27)30-10-13)31-12(2)17-7-15(24)4-5-16(17)21(18(23)9-26)29-11-14(20)8-25/h4-10,12H,3,11,25-26H2,1-2H3,(H2,27,30). The van der Waals surface area contributed by atoms with Crippen molar-refractivity contribution in [3.63, 3.8) is 0 Å². The summed E-state index contributed by atoms with van der Waals surface area (Å²) >= 11 is 6.39. The maximum atomic E-state index is 14.1. The lowest BCUT2D eigenvalue weighted by molar-refractivity contribution is 0.227. The third kappa shape index (κ3) is 4.69. The third-order valence-electron chi connectivity index (χ3n) is 4.77. The van der Waals surface area contributed by atoms with Gasteiger partial charge >= 0.3 is 0 Å². The van der Waals surface area contributed by atoms with Crippen molar-refractivity contribution < 1.29 is 9.13 Å². The number of anilines is 1. The van der Waals surface area contributed by atoms with Crippen LogP contribution in [0.4, 0.5) is 10.2 Å². The summed E-state index contributed by atoms with van der Waals surface area (Å²) in [4.78, 5) is 13.5. The molecule has 1 aliphatic heterocycles. The molecule has 0 spiro atoms. The van der Waals surface area contributed by atoms with Crippen molar-refractivity contribution in [2.24, 2.45) is 21.5 Å². The van der Waals surface area contributed by atoms with E-state index in [4.69, 9.17) is 33.5 Å². The topological polar surface area (TPSA) is 125 Å². The third-order valence-corrected chi connectivity index (χ3v) is 5.07. The van der Waals surface area contributed by atoms with Gasteiger partial charge in [0.2, 0.25) is 0 Å². The second-order valence-electron chi connectivity index (χ2n) is 6.79. The molecule has 162 valence electrons. The summed E-state index contributed by atoms with van der Waals surface area (Å²) in [6.45, 7) is 4.38. The normalized spacial score (nSPS) is 19.8. The van der Waals surface area contributed by atoms with Gasteiger partial charge in [-0.2, -0.15) is 0 Å². The summed E-state index contributed by atoms with van der Waals surface area (Å²) in [7, 11) is 0. The van der Waals surface area contributed by atoms with E-state index in [9.17, 15) is 4.39 Å². The maximum absolute atomic E-state index is 14.1. The number of ether oxygens (including phenoxy) is 1. The molecule has 0 aliphatic carbocycles.